The van der Waals surface area contributed by atoms with Gasteiger partial charge >= 0.3 is 0 Å². The maximum Gasteiger partial charge on any atom is 0.258 e. The Hall–Kier alpha value is -3.08. The Bertz CT molecular complexity index is 1300. The number of hydrogen-bond donors (Lipinski definition) is 1. The Morgan fingerprint density at radius 1 is 0.970 bits per heavy atom. The first-order chi connectivity index (χ1) is 16.1. The fraction of sp³-hybridized carbons (Fsp3) is 0.250. The third-order valence-corrected chi connectivity index (χ3v) is 7.43. The van der Waals surface area contributed by atoms with Gasteiger partial charge in [-0.25, -0.2) is 0 Å². The number of hydrogen-bond acceptors (Lipinski definition) is 2. The van der Waals surface area contributed by atoms with E-state index in [4.69, 9.17) is 11.6 Å². The predicted molar refractivity (Wildman–Crippen MR) is 134 cm³/mol. The van der Waals surface area contributed by atoms with E-state index in [1.165, 1.54) is 22.2 Å². The average Bonchev–Trinajstić information content (AvgIpc) is 3.42. The molecule has 1 amide bonds. The maximum atomic E-state index is 13.5. The van der Waals surface area contributed by atoms with Gasteiger partial charge in [-0.3, -0.25) is 9.69 Å². The molecule has 5 heteroatoms. The highest BCUT2D eigenvalue weighted by Gasteiger charge is 2.44. The molecule has 1 saturated heterocycles. The van der Waals surface area contributed by atoms with Gasteiger partial charge < -0.3 is 9.88 Å². The lowest BCUT2D eigenvalue weighted by Crippen LogP contribution is -2.48. The number of aromatic nitrogens is 1. The Labute approximate surface area is 198 Å². The number of nitrogens with zero attached hydrogens (tertiary/aromatic N) is 2. The zero-order valence-corrected chi connectivity index (χ0v) is 19.2. The molecule has 1 atom stereocenters. The summed E-state index contributed by atoms with van der Waals surface area (Å²) >= 11 is 6.06. The molecule has 1 N–H and O–H groups in total. The van der Waals surface area contributed by atoms with Crippen LogP contribution in [0.15, 0.2) is 78.9 Å². The SMILES string of the molecule is O=C(c1ccc(Cl)cc1)N1CC2(CCN(Cc3cc4ccccc4[nH]3)C2)Cc2ccccc21. The molecule has 3 heterocycles. The first-order valence-corrected chi connectivity index (χ1v) is 11.9. The van der Waals surface area contributed by atoms with E-state index in [1.807, 2.05) is 23.1 Å². The minimum Gasteiger partial charge on any atom is -0.357 e. The van der Waals surface area contributed by atoms with Gasteiger partial charge in [0.25, 0.3) is 5.91 Å². The third-order valence-electron chi connectivity index (χ3n) is 7.17. The van der Waals surface area contributed by atoms with Crippen LogP contribution >= 0.6 is 11.6 Å². The van der Waals surface area contributed by atoms with Gasteiger partial charge in [-0.2, -0.15) is 0 Å². The second-order valence-electron chi connectivity index (χ2n) is 9.55. The zero-order valence-electron chi connectivity index (χ0n) is 18.4. The molecule has 1 spiro atoms. The van der Waals surface area contributed by atoms with E-state index in [1.54, 1.807) is 12.1 Å². The van der Waals surface area contributed by atoms with Crippen LogP contribution in [0.2, 0.25) is 5.02 Å². The number of likely N-dealkylation sites (tertiary alicyclic amines) is 1. The summed E-state index contributed by atoms with van der Waals surface area (Å²) in [6.07, 6.45) is 2.10. The lowest BCUT2D eigenvalue weighted by molar-refractivity contribution is 0.0966. The van der Waals surface area contributed by atoms with Gasteiger partial charge in [-0.05, 0) is 72.8 Å². The molecule has 3 aromatic carbocycles. The number of carbonyl (C=O) groups excluding carboxylic acids is 1. The number of aromatic amines is 1. The Kier molecular flexibility index (Phi) is 5.01. The summed E-state index contributed by atoms with van der Waals surface area (Å²) in [6.45, 7) is 3.68. The van der Waals surface area contributed by atoms with E-state index >= 15 is 0 Å². The number of fused-ring (bicyclic) bond motifs is 2. The van der Waals surface area contributed by atoms with E-state index in [9.17, 15) is 4.79 Å². The molecule has 1 unspecified atom stereocenters. The molecule has 0 saturated carbocycles. The monoisotopic (exact) mass is 455 g/mol. The van der Waals surface area contributed by atoms with Crippen molar-refractivity contribution in [2.45, 2.75) is 19.4 Å². The van der Waals surface area contributed by atoms with Gasteiger partial charge in [0.1, 0.15) is 0 Å². The van der Waals surface area contributed by atoms with E-state index in [0.29, 0.717) is 10.6 Å². The van der Waals surface area contributed by atoms with E-state index in [-0.39, 0.29) is 11.3 Å². The predicted octanol–water partition coefficient (Wildman–Crippen LogP) is 5.92. The van der Waals surface area contributed by atoms with Crippen LogP contribution in [0, 0.1) is 5.41 Å². The number of H-pyrrole nitrogens is 1. The number of carbonyl (C=O) groups is 1. The Balaban J connectivity index is 1.26. The molecule has 2 aliphatic rings. The summed E-state index contributed by atoms with van der Waals surface area (Å²) in [5, 5.41) is 1.90. The van der Waals surface area contributed by atoms with Gasteiger partial charge in [0, 0.05) is 52.5 Å². The highest BCUT2D eigenvalue weighted by molar-refractivity contribution is 6.30. The Morgan fingerprint density at radius 3 is 2.61 bits per heavy atom. The van der Waals surface area contributed by atoms with Crippen molar-refractivity contribution in [1.82, 2.24) is 9.88 Å². The van der Waals surface area contributed by atoms with Crippen molar-refractivity contribution < 1.29 is 4.79 Å². The van der Waals surface area contributed by atoms with Gasteiger partial charge in [0.05, 0.1) is 0 Å². The van der Waals surface area contributed by atoms with Crippen molar-refractivity contribution in [1.29, 1.82) is 0 Å². The van der Waals surface area contributed by atoms with Crippen LogP contribution in [-0.4, -0.2) is 35.4 Å². The smallest absolute Gasteiger partial charge is 0.258 e. The third kappa shape index (κ3) is 3.84. The topological polar surface area (TPSA) is 39.3 Å². The molecule has 1 aromatic heterocycles. The lowest BCUT2D eigenvalue weighted by Gasteiger charge is -2.41. The quantitative estimate of drug-likeness (QED) is 0.416. The molecule has 2 aliphatic heterocycles. The van der Waals surface area contributed by atoms with Crippen LogP contribution in [0.1, 0.15) is 28.0 Å². The number of para-hydroxylation sites is 2. The highest BCUT2D eigenvalue weighted by Crippen LogP contribution is 2.43. The van der Waals surface area contributed by atoms with Crippen LogP contribution in [-0.2, 0) is 13.0 Å². The molecule has 0 radical (unpaired) electrons. The Morgan fingerprint density at radius 2 is 1.76 bits per heavy atom. The minimum absolute atomic E-state index is 0.0484. The number of anilines is 1. The van der Waals surface area contributed by atoms with E-state index in [0.717, 1.165) is 44.7 Å². The van der Waals surface area contributed by atoms with Gasteiger partial charge in [0.2, 0.25) is 0 Å². The molecule has 0 bridgehead atoms. The summed E-state index contributed by atoms with van der Waals surface area (Å²) in [6, 6.07) is 26.3. The summed E-state index contributed by atoms with van der Waals surface area (Å²) in [7, 11) is 0. The van der Waals surface area contributed by atoms with Crippen LogP contribution in [0.25, 0.3) is 10.9 Å². The summed E-state index contributed by atoms with van der Waals surface area (Å²) in [5.74, 6) is 0.0484. The van der Waals surface area contributed by atoms with Crippen LogP contribution in [0.5, 0.6) is 0 Å². The van der Waals surface area contributed by atoms with E-state index in [2.05, 4.69) is 58.4 Å². The molecular weight excluding hydrogens is 430 g/mol. The molecule has 33 heavy (non-hydrogen) atoms. The molecule has 6 rings (SSSR count). The van der Waals surface area contributed by atoms with Crippen molar-refractivity contribution in [2.75, 3.05) is 24.5 Å². The average molecular weight is 456 g/mol. The molecule has 1 fully saturated rings. The number of halogens is 1. The first-order valence-electron chi connectivity index (χ1n) is 11.5. The minimum atomic E-state index is 0.0484. The summed E-state index contributed by atoms with van der Waals surface area (Å²) in [5.41, 5.74) is 5.49. The van der Waals surface area contributed by atoms with Gasteiger partial charge in [-0.1, -0.05) is 48.0 Å². The van der Waals surface area contributed by atoms with Crippen molar-refractivity contribution in [3.8, 4) is 0 Å². The number of amides is 1. The van der Waals surface area contributed by atoms with Crippen LogP contribution in [0.3, 0.4) is 0 Å². The molecule has 4 aromatic rings. The standard InChI is InChI=1S/C28H26ClN3O/c29-23-11-9-20(10-12-23)27(33)32-19-28(16-22-6-2-4-8-26(22)32)13-14-31(18-28)17-24-15-21-5-1-3-7-25(21)30-24/h1-12,15,30H,13-14,16-19H2. The highest BCUT2D eigenvalue weighted by atomic mass is 35.5. The van der Waals surface area contributed by atoms with Crippen LogP contribution in [0.4, 0.5) is 5.69 Å². The maximum absolute atomic E-state index is 13.5. The fourth-order valence-corrected chi connectivity index (χ4v) is 5.76. The number of benzene rings is 3. The largest absolute Gasteiger partial charge is 0.357 e. The molecular formula is C28H26ClN3O. The van der Waals surface area contributed by atoms with Crippen molar-refractivity contribution >= 4 is 34.1 Å². The van der Waals surface area contributed by atoms with Crippen molar-refractivity contribution in [3.63, 3.8) is 0 Å². The lowest BCUT2D eigenvalue weighted by atomic mass is 9.76. The van der Waals surface area contributed by atoms with Gasteiger partial charge in [-0.15, -0.1) is 0 Å². The van der Waals surface area contributed by atoms with Gasteiger partial charge in [0.15, 0.2) is 0 Å². The first kappa shape index (κ1) is 20.5. The summed E-state index contributed by atoms with van der Waals surface area (Å²) < 4.78 is 0. The van der Waals surface area contributed by atoms with Crippen molar-refractivity contribution in [3.05, 3.63) is 101 Å². The molecule has 166 valence electrons. The number of nitrogens with one attached hydrogen (secondary N) is 1. The normalized spacial score (nSPS) is 20.5. The molecule has 4 nitrogen and oxygen atoms in total. The zero-order chi connectivity index (χ0) is 22.4. The van der Waals surface area contributed by atoms with Crippen LogP contribution < -0.4 is 4.90 Å². The van der Waals surface area contributed by atoms with E-state index < -0.39 is 0 Å². The summed E-state index contributed by atoms with van der Waals surface area (Å²) in [4.78, 5) is 21.6. The molecule has 0 aliphatic carbocycles. The second-order valence-corrected chi connectivity index (χ2v) is 9.98. The second kappa shape index (κ2) is 8.05. The number of rotatable bonds is 3. The fourth-order valence-electron chi connectivity index (χ4n) is 5.63. The van der Waals surface area contributed by atoms with Crippen molar-refractivity contribution in [2.24, 2.45) is 5.41 Å².